The van der Waals surface area contributed by atoms with Crippen LogP contribution < -0.4 is 14.8 Å². The van der Waals surface area contributed by atoms with Crippen molar-refractivity contribution in [3.8, 4) is 11.5 Å². The van der Waals surface area contributed by atoms with Crippen molar-refractivity contribution in [3.63, 3.8) is 0 Å². The van der Waals surface area contributed by atoms with Crippen molar-refractivity contribution in [2.75, 3.05) is 32.9 Å². The zero-order valence-corrected chi connectivity index (χ0v) is 17.4. The van der Waals surface area contributed by atoms with Gasteiger partial charge in [-0.25, -0.2) is 0 Å². The van der Waals surface area contributed by atoms with Crippen LogP contribution >= 0.6 is 0 Å². The molecule has 2 aromatic rings. The van der Waals surface area contributed by atoms with E-state index < -0.39 is 12.0 Å². The van der Waals surface area contributed by atoms with Gasteiger partial charge in [-0.1, -0.05) is 24.3 Å². The summed E-state index contributed by atoms with van der Waals surface area (Å²) in [6.07, 6.45) is -0.182. The largest absolute Gasteiger partial charge is 0.490 e. The molecule has 2 amide bonds. The van der Waals surface area contributed by atoms with Gasteiger partial charge in [0.15, 0.2) is 0 Å². The predicted octanol–water partition coefficient (Wildman–Crippen LogP) is 2.04. The fraction of sp³-hybridized carbons (Fsp3) is 0.348. The van der Waals surface area contributed by atoms with Gasteiger partial charge in [0, 0.05) is 18.7 Å². The van der Waals surface area contributed by atoms with Crippen molar-refractivity contribution in [3.05, 3.63) is 60.2 Å². The van der Waals surface area contributed by atoms with Gasteiger partial charge in [0.1, 0.15) is 30.8 Å². The molecule has 1 aliphatic heterocycles. The number of piperazine rings is 1. The number of ether oxygens (including phenoxy) is 3. The van der Waals surface area contributed by atoms with Gasteiger partial charge < -0.3 is 24.4 Å². The molecule has 8 nitrogen and oxygen atoms in total. The molecule has 1 heterocycles. The van der Waals surface area contributed by atoms with Crippen molar-refractivity contribution >= 4 is 17.8 Å². The summed E-state index contributed by atoms with van der Waals surface area (Å²) in [6, 6.07) is 15.3. The number of nitrogens with one attached hydrogen (secondary N) is 1. The summed E-state index contributed by atoms with van der Waals surface area (Å²) in [4.78, 5) is 38.7. The normalized spacial score (nSPS) is 15.7. The van der Waals surface area contributed by atoms with Crippen LogP contribution in [0.25, 0.3) is 0 Å². The Labute approximate surface area is 181 Å². The molecule has 0 aromatic heterocycles. The second-order valence-corrected chi connectivity index (χ2v) is 6.85. The third kappa shape index (κ3) is 6.21. The third-order valence-corrected chi connectivity index (χ3v) is 4.70. The molecule has 0 saturated carbocycles. The molecule has 8 heteroatoms. The zero-order chi connectivity index (χ0) is 22.1. The van der Waals surface area contributed by atoms with Gasteiger partial charge in [-0.05, 0) is 37.3 Å². The molecule has 1 atom stereocenters. The van der Waals surface area contributed by atoms with Crippen LogP contribution in [0, 0.1) is 0 Å². The van der Waals surface area contributed by atoms with E-state index in [9.17, 15) is 14.4 Å². The van der Waals surface area contributed by atoms with Gasteiger partial charge in [-0.2, -0.15) is 0 Å². The average Bonchev–Trinajstić information content (AvgIpc) is 2.79. The maximum Gasteiger partial charge on any atom is 0.308 e. The summed E-state index contributed by atoms with van der Waals surface area (Å²) < 4.78 is 16.2. The summed E-state index contributed by atoms with van der Waals surface area (Å²) in [6.45, 7) is 3.22. The Hall–Kier alpha value is -3.55. The van der Waals surface area contributed by atoms with Crippen LogP contribution in [0.4, 0.5) is 0 Å². The number of carbonyl (C=O) groups is 3. The minimum absolute atomic E-state index is 0.182. The van der Waals surface area contributed by atoms with Crippen molar-refractivity contribution < 1.29 is 28.6 Å². The van der Waals surface area contributed by atoms with Gasteiger partial charge in [-0.15, -0.1) is 0 Å². The van der Waals surface area contributed by atoms with Crippen molar-refractivity contribution in [2.24, 2.45) is 0 Å². The molecule has 3 rings (SSSR count). The summed E-state index contributed by atoms with van der Waals surface area (Å²) in [5, 5.41) is 2.70. The van der Waals surface area contributed by atoms with Gasteiger partial charge in [0.05, 0.1) is 13.0 Å². The first-order chi connectivity index (χ1) is 15.1. The van der Waals surface area contributed by atoms with Crippen molar-refractivity contribution in [2.45, 2.75) is 19.4 Å². The molecule has 1 aliphatic rings. The van der Waals surface area contributed by atoms with Crippen LogP contribution in [0.2, 0.25) is 0 Å². The predicted molar refractivity (Wildman–Crippen MR) is 113 cm³/mol. The summed E-state index contributed by atoms with van der Waals surface area (Å²) in [7, 11) is 0. The Bertz CT molecular complexity index is 902. The number of esters is 1. The number of amides is 2. The first-order valence-electron chi connectivity index (χ1n) is 10.2. The fourth-order valence-electron chi connectivity index (χ4n) is 3.26. The Balaban J connectivity index is 1.61. The molecule has 1 saturated heterocycles. The number of carbonyl (C=O) groups excluding carboxylic acids is 3. The highest BCUT2D eigenvalue weighted by Crippen LogP contribution is 2.19. The van der Waals surface area contributed by atoms with E-state index in [1.165, 1.54) is 4.90 Å². The fourth-order valence-corrected chi connectivity index (χ4v) is 3.26. The van der Waals surface area contributed by atoms with E-state index in [0.717, 1.165) is 5.75 Å². The first kappa shape index (κ1) is 22.1. The smallest absolute Gasteiger partial charge is 0.308 e. The maximum absolute atomic E-state index is 13.1. The average molecular weight is 426 g/mol. The topological polar surface area (TPSA) is 94.2 Å². The Kier molecular flexibility index (Phi) is 7.86. The molecule has 1 fully saturated rings. The van der Waals surface area contributed by atoms with E-state index in [4.69, 9.17) is 14.2 Å². The minimum atomic E-state index is -0.899. The van der Waals surface area contributed by atoms with E-state index in [1.54, 1.807) is 31.2 Å². The van der Waals surface area contributed by atoms with Gasteiger partial charge in [0.25, 0.3) is 5.91 Å². The Morgan fingerprint density at radius 3 is 2.48 bits per heavy atom. The lowest BCUT2D eigenvalue weighted by Gasteiger charge is -2.34. The molecule has 0 radical (unpaired) electrons. The SMILES string of the molecule is CCOC(=O)CC1C(=O)NCCN1C(=O)c1cccc(OCCOc2ccccc2)c1. The van der Waals surface area contributed by atoms with E-state index in [2.05, 4.69) is 5.32 Å². The highest BCUT2D eigenvalue weighted by molar-refractivity contribution is 5.99. The van der Waals surface area contributed by atoms with Crippen LogP contribution in [-0.4, -0.2) is 61.6 Å². The molecule has 2 aromatic carbocycles. The van der Waals surface area contributed by atoms with Crippen LogP contribution in [0.5, 0.6) is 11.5 Å². The first-order valence-corrected chi connectivity index (χ1v) is 10.2. The minimum Gasteiger partial charge on any atom is -0.490 e. The van der Waals surface area contributed by atoms with Crippen LogP contribution in [0.3, 0.4) is 0 Å². The summed E-state index contributed by atoms with van der Waals surface area (Å²) >= 11 is 0. The zero-order valence-electron chi connectivity index (χ0n) is 17.4. The van der Waals surface area contributed by atoms with Gasteiger partial charge >= 0.3 is 5.97 Å². The quantitative estimate of drug-likeness (QED) is 0.487. The number of hydrogen-bond donors (Lipinski definition) is 1. The third-order valence-electron chi connectivity index (χ3n) is 4.70. The van der Waals surface area contributed by atoms with E-state index >= 15 is 0 Å². The number of para-hydroxylation sites is 1. The molecular formula is C23H26N2O6. The lowest BCUT2D eigenvalue weighted by molar-refractivity contribution is -0.147. The van der Waals surface area contributed by atoms with Crippen molar-refractivity contribution in [1.29, 1.82) is 0 Å². The van der Waals surface area contributed by atoms with Crippen LogP contribution in [-0.2, 0) is 14.3 Å². The monoisotopic (exact) mass is 426 g/mol. The van der Waals surface area contributed by atoms with Crippen LogP contribution in [0.1, 0.15) is 23.7 Å². The lowest BCUT2D eigenvalue weighted by Crippen LogP contribution is -2.57. The second kappa shape index (κ2) is 11.0. The summed E-state index contributed by atoms with van der Waals surface area (Å²) in [5.41, 5.74) is 0.380. The lowest BCUT2D eigenvalue weighted by atomic mass is 10.1. The van der Waals surface area contributed by atoms with Gasteiger partial charge in [-0.3, -0.25) is 14.4 Å². The molecule has 1 unspecified atom stereocenters. The molecule has 0 spiro atoms. The van der Waals surface area contributed by atoms with E-state index in [0.29, 0.717) is 37.6 Å². The number of hydrogen-bond acceptors (Lipinski definition) is 6. The van der Waals surface area contributed by atoms with Crippen molar-refractivity contribution in [1.82, 2.24) is 10.2 Å². The Morgan fingerprint density at radius 2 is 1.74 bits per heavy atom. The van der Waals surface area contributed by atoms with E-state index in [1.807, 2.05) is 30.3 Å². The molecular weight excluding hydrogens is 400 g/mol. The second-order valence-electron chi connectivity index (χ2n) is 6.85. The highest BCUT2D eigenvalue weighted by Gasteiger charge is 2.35. The highest BCUT2D eigenvalue weighted by atomic mass is 16.5. The maximum atomic E-state index is 13.1. The molecule has 164 valence electrons. The molecule has 0 aliphatic carbocycles. The molecule has 31 heavy (non-hydrogen) atoms. The number of benzene rings is 2. The van der Waals surface area contributed by atoms with E-state index in [-0.39, 0.29) is 24.8 Å². The molecule has 1 N–H and O–H groups in total. The molecule has 0 bridgehead atoms. The Morgan fingerprint density at radius 1 is 1.03 bits per heavy atom. The van der Waals surface area contributed by atoms with Crippen LogP contribution in [0.15, 0.2) is 54.6 Å². The summed E-state index contributed by atoms with van der Waals surface area (Å²) in [5.74, 6) is 0.0584. The number of rotatable bonds is 9. The number of nitrogens with zero attached hydrogens (tertiary/aromatic N) is 1. The van der Waals surface area contributed by atoms with Gasteiger partial charge in [0.2, 0.25) is 5.91 Å². The standard InChI is InChI=1S/C23H26N2O6/c1-2-29-21(26)16-20-22(27)24-11-12-25(20)23(28)17-7-6-10-19(15-17)31-14-13-30-18-8-4-3-5-9-18/h3-10,15,20H,2,11-14,16H2,1H3,(H,24,27).